The van der Waals surface area contributed by atoms with Crippen molar-refractivity contribution < 1.29 is 27.8 Å². The number of aliphatic hydroxyl groups is 1. The molecule has 0 spiro atoms. The first kappa shape index (κ1) is 31.5. The van der Waals surface area contributed by atoms with Gasteiger partial charge in [-0.15, -0.1) is 11.3 Å². The maximum Gasteiger partial charge on any atom is 0.319 e. The Morgan fingerprint density at radius 1 is 1.10 bits per heavy atom. The number of hydrogen-bond donors (Lipinski definition) is 2. The number of nitrogens with zero attached hydrogens (tertiary/aromatic N) is 6. The van der Waals surface area contributed by atoms with Crippen LogP contribution in [0.3, 0.4) is 0 Å². The number of benzene rings is 2. The van der Waals surface area contributed by atoms with E-state index in [9.17, 15) is 14.8 Å². The van der Waals surface area contributed by atoms with Crippen molar-refractivity contribution in [3.8, 4) is 23.2 Å². The lowest BCUT2D eigenvalue weighted by Crippen LogP contribution is -2.54. The van der Waals surface area contributed by atoms with Crippen molar-refractivity contribution in [3.63, 3.8) is 0 Å². The fourth-order valence-corrected chi connectivity index (χ4v) is 9.16. The number of alkyl halides is 1. The fraction of sp³-hybridized carbons (Fsp3) is 0.500. The van der Waals surface area contributed by atoms with Crippen LogP contribution < -0.4 is 15.4 Å². The molecule has 10 nitrogen and oxygen atoms in total. The summed E-state index contributed by atoms with van der Waals surface area (Å²) >= 11 is 1.15. The van der Waals surface area contributed by atoms with Gasteiger partial charge in [-0.2, -0.15) is 15.2 Å². The van der Waals surface area contributed by atoms with Crippen LogP contribution in [0.2, 0.25) is 0 Å². The van der Waals surface area contributed by atoms with Gasteiger partial charge in [0.05, 0.1) is 24.2 Å². The number of ether oxygens (including phenoxy) is 2. The molecule has 3 N–H and O–H groups in total. The lowest BCUT2D eigenvalue weighted by molar-refractivity contribution is 0.135. The average molecular weight is 680 g/mol. The molecule has 0 amide bonds. The van der Waals surface area contributed by atoms with Gasteiger partial charge in [-0.1, -0.05) is 0 Å². The average Bonchev–Trinajstić information content (AvgIpc) is 3.82. The standard InChI is InChI=1S/C34H36F3N7O3S/c1-42-11-17(35)9-20(42)14-47-34-40-31-28(33(41-34)44-18-3-4-19(44)13-43(12-18)7-2-8-45)23-16-46-15-22(23)27(30(31)37)29-24(36)5-6-25-26(29)21(10-38)32(39)48-25/h5-6,17-20,45H,2-4,7-9,11-16,39H2,1H3/t17-,18?,19?,20+/m1/s1. The topological polar surface area (TPSA) is 124 Å². The van der Waals surface area contributed by atoms with Crippen molar-refractivity contribution in [3.05, 3.63) is 40.5 Å². The summed E-state index contributed by atoms with van der Waals surface area (Å²) in [6.45, 7) is 3.09. The van der Waals surface area contributed by atoms with Gasteiger partial charge in [0.1, 0.15) is 41.0 Å². The van der Waals surface area contributed by atoms with Crippen molar-refractivity contribution in [2.75, 3.05) is 57.1 Å². The van der Waals surface area contributed by atoms with Crippen molar-refractivity contribution in [1.29, 1.82) is 5.26 Å². The molecular weight excluding hydrogens is 643 g/mol. The molecule has 48 heavy (non-hydrogen) atoms. The molecule has 8 rings (SSSR count). The number of thiophene rings is 1. The molecule has 2 bridgehead atoms. The number of piperazine rings is 1. The van der Waals surface area contributed by atoms with Crippen LogP contribution in [-0.4, -0.2) is 95.6 Å². The highest BCUT2D eigenvalue weighted by molar-refractivity contribution is 7.23. The van der Waals surface area contributed by atoms with Crippen molar-refractivity contribution in [1.82, 2.24) is 19.8 Å². The van der Waals surface area contributed by atoms with Gasteiger partial charge < -0.3 is 25.2 Å². The number of aromatic nitrogens is 2. The van der Waals surface area contributed by atoms with Crippen LogP contribution >= 0.6 is 11.3 Å². The SMILES string of the molecule is CN1C[C@H](F)C[C@H]1COc1nc(N2C3CCC2CN(CCCO)C3)c2c3c(c(-c4c(F)ccc5sc(N)c(C#N)c45)c(F)c2n1)COC3. The van der Waals surface area contributed by atoms with E-state index in [1.807, 2.05) is 11.9 Å². The van der Waals surface area contributed by atoms with Crippen LogP contribution in [0, 0.1) is 23.0 Å². The summed E-state index contributed by atoms with van der Waals surface area (Å²) in [6.07, 6.45) is 1.90. The Bertz CT molecular complexity index is 1950. The Balaban J connectivity index is 1.33. The van der Waals surface area contributed by atoms with Gasteiger partial charge in [-0.3, -0.25) is 9.80 Å². The highest BCUT2D eigenvalue weighted by Crippen LogP contribution is 2.49. The number of likely N-dealkylation sites (N-methyl/N-ethyl adjacent to an activating group) is 1. The van der Waals surface area contributed by atoms with Gasteiger partial charge in [0, 0.05) is 72.1 Å². The van der Waals surface area contributed by atoms with Crippen molar-refractivity contribution in [2.24, 2.45) is 0 Å². The Morgan fingerprint density at radius 3 is 2.58 bits per heavy atom. The number of nitriles is 1. The summed E-state index contributed by atoms with van der Waals surface area (Å²) in [6, 6.07) is 4.88. The molecule has 0 aliphatic carbocycles. The first-order valence-electron chi connectivity index (χ1n) is 16.4. The van der Waals surface area contributed by atoms with Gasteiger partial charge in [-0.25, -0.2) is 13.2 Å². The van der Waals surface area contributed by atoms with E-state index in [1.165, 1.54) is 6.07 Å². The molecule has 252 valence electrons. The molecular formula is C34H36F3N7O3S. The predicted octanol–water partition coefficient (Wildman–Crippen LogP) is 4.73. The number of anilines is 2. The van der Waals surface area contributed by atoms with Crippen LogP contribution in [-0.2, 0) is 18.0 Å². The van der Waals surface area contributed by atoms with E-state index in [0.29, 0.717) is 46.4 Å². The summed E-state index contributed by atoms with van der Waals surface area (Å²) in [5, 5.41) is 20.4. The number of nitrogen functional groups attached to an aromatic ring is 1. The monoisotopic (exact) mass is 679 g/mol. The number of nitrogens with two attached hydrogens (primary N) is 1. The summed E-state index contributed by atoms with van der Waals surface area (Å²) in [5.41, 5.74) is 7.38. The van der Waals surface area contributed by atoms with Crippen molar-refractivity contribution >= 4 is 43.1 Å². The normalized spacial score (nSPS) is 24.2. The second-order valence-corrected chi connectivity index (χ2v) is 14.4. The van der Waals surface area contributed by atoms with Crippen LogP contribution in [0.25, 0.3) is 32.1 Å². The minimum Gasteiger partial charge on any atom is -0.462 e. The molecule has 2 aromatic carbocycles. The Hall–Kier alpha value is -3.74. The lowest BCUT2D eigenvalue weighted by atomic mass is 9.90. The Morgan fingerprint density at radius 2 is 1.88 bits per heavy atom. The third-order valence-corrected chi connectivity index (χ3v) is 11.4. The smallest absolute Gasteiger partial charge is 0.319 e. The molecule has 4 aliphatic heterocycles. The molecule has 14 heteroatoms. The zero-order valence-electron chi connectivity index (χ0n) is 26.5. The van der Waals surface area contributed by atoms with Gasteiger partial charge in [-0.05, 0) is 56.0 Å². The molecule has 6 heterocycles. The number of aliphatic hydroxyl groups excluding tert-OH is 1. The van der Waals surface area contributed by atoms with Crippen LogP contribution in [0.5, 0.6) is 6.01 Å². The predicted molar refractivity (Wildman–Crippen MR) is 177 cm³/mol. The van der Waals surface area contributed by atoms with E-state index < -0.39 is 17.8 Å². The third-order valence-electron chi connectivity index (χ3n) is 10.4. The van der Waals surface area contributed by atoms with E-state index in [2.05, 4.69) is 20.9 Å². The third kappa shape index (κ3) is 5.06. The first-order chi connectivity index (χ1) is 23.3. The molecule has 3 fully saturated rings. The molecule has 4 aromatic rings. The fourth-order valence-electron chi connectivity index (χ4n) is 8.23. The van der Waals surface area contributed by atoms with Gasteiger partial charge in [0.25, 0.3) is 0 Å². The molecule has 3 saturated heterocycles. The van der Waals surface area contributed by atoms with E-state index >= 15 is 8.78 Å². The van der Waals surface area contributed by atoms with Gasteiger partial charge >= 0.3 is 6.01 Å². The highest BCUT2D eigenvalue weighted by Gasteiger charge is 2.43. The number of likely N-dealkylation sites (tertiary alicyclic amines) is 2. The van der Waals surface area contributed by atoms with E-state index in [-0.39, 0.29) is 83.2 Å². The minimum atomic E-state index is -0.959. The molecule has 2 unspecified atom stereocenters. The molecule has 0 radical (unpaired) electrons. The number of rotatable bonds is 8. The maximum atomic E-state index is 17.4. The Labute approximate surface area is 279 Å². The van der Waals surface area contributed by atoms with E-state index in [1.54, 1.807) is 6.07 Å². The zero-order chi connectivity index (χ0) is 33.3. The quantitative estimate of drug-likeness (QED) is 0.270. The molecule has 0 saturated carbocycles. The van der Waals surface area contributed by atoms with E-state index in [4.69, 9.17) is 20.2 Å². The summed E-state index contributed by atoms with van der Waals surface area (Å²) in [4.78, 5) is 16.1. The Kier molecular flexibility index (Phi) is 8.08. The molecule has 4 aliphatic rings. The number of fused-ring (bicyclic) bond motifs is 6. The highest BCUT2D eigenvalue weighted by atomic mass is 32.1. The first-order valence-corrected chi connectivity index (χ1v) is 17.2. The summed E-state index contributed by atoms with van der Waals surface area (Å²) < 4.78 is 60.2. The van der Waals surface area contributed by atoms with Crippen LogP contribution in [0.1, 0.15) is 42.4 Å². The minimum absolute atomic E-state index is 0.00408. The molecule has 2 aromatic heterocycles. The van der Waals surface area contributed by atoms with Crippen LogP contribution in [0.4, 0.5) is 24.0 Å². The van der Waals surface area contributed by atoms with Crippen LogP contribution in [0.15, 0.2) is 12.1 Å². The number of halogens is 3. The lowest BCUT2D eigenvalue weighted by Gasteiger charge is -2.42. The number of hydrogen-bond acceptors (Lipinski definition) is 11. The largest absolute Gasteiger partial charge is 0.462 e. The van der Waals surface area contributed by atoms with Gasteiger partial charge in [0.2, 0.25) is 0 Å². The second kappa shape index (κ2) is 12.3. The summed E-state index contributed by atoms with van der Waals surface area (Å²) in [5.74, 6) is -0.883. The second-order valence-electron chi connectivity index (χ2n) is 13.3. The van der Waals surface area contributed by atoms with Crippen molar-refractivity contribution in [2.45, 2.75) is 63.2 Å². The zero-order valence-corrected chi connectivity index (χ0v) is 27.3. The maximum absolute atomic E-state index is 17.4. The summed E-state index contributed by atoms with van der Waals surface area (Å²) in [7, 11) is 1.84. The molecule has 4 atom stereocenters. The van der Waals surface area contributed by atoms with E-state index in [0.717, 1.165) is 43.8 Å². The van der Waals surface area contributed by atoms with Gasteiger partial charge in [0.15, 0.2) is 5.82 Å².